The van der Waals surface area contributed by atoms with Crippen LogP contribution < -0.4 is 5.32 Å². The van der Waals surface area contributed by atoms with Gasteiger partial charge in [-0.2, -0.15) is 10.4 Å². The molecular weight excluding hydrogens is 390 g/mol. The molecule has 1 unspecified atom stereocenters. The van der Waals surface area contributed by atoms with E-state index in [9.17, 15) is 13.2 Å². The molecule has 1 aromatic heterocycles. The molecule has 148 valence electrons. The number of sulfone groups is 1. The maximum atomic E-state index is 12.5. The van der Waals surface area contributed by atoms with Gasteiger partial charge in [-0.3, -0.25) is 9.89 Å². The predicted octanol–water partition coefficient (Wildman–Crippen LogP) is 1.81. The molecule has 0 saturated heterocycles. The minimum absolute atomic E-state index is 0.290. The Morgan fingerprint density at radius 2 is 1.86 bits per heavy atom. The van der Waals surface area contributed by atoms with Crippen LogP contribution in [0.5, 0.6) is 0 Å². The zero-order chi connectivity index (χ0) is 20.9. The molecule has 2 N–H and O–H groups in total. The summed E-state index contributed by atoms with van der Waals surface area (Å²) in [5.41, 5.74) is 1.70. The second kappa shape index (κ2) is 8.67. The summed E-state index contributed by atoms with van der Waals surface area (Å²) in [6.45, 7) is 1.74. The van der Waals surface area contributed by atoms with Gasteiger partial charge in [0.25, 0.3) is 0 Å². The molecule has 0 radical (unpaired) electrons. The van der Waals surface area contributed by atoms with Crippen LogP contribution in [-0.4, -0.2) is 35.3 Å². The zero-order valence-corrected chi connectivity index (χ0v) is 16.5. The van der Waals surface area contributed by atoms with E-state index in [0.29, 0.717) is 22.8 Å². The molecule has 0 bridgehead atoms. The van der Waals surface area contributed by atoms with Crippen molar-refractivity contribution in [2.24, 2.45) is 0 Å². The minimum Gasteiger partial charge on any atom is -0.341 e. The van der Waals surface area contributed by atoms with Crippen LogP contribution in [0.4, 0.5) is 0 Å². The molecule has 9 heteroatoms. The highest BCUT2D eigenvalue weighted by Gasteiger charge is 2.24. The van der Waals surface area contributed by atoms with Crippen molar-refractivity contribution in [2.75, 3.05) is 5.75 Å². The van der Waals surface area contributed by atoms with Crippen molar-refractivity contribution in [3.8, 4) is 6.07 Å². The summed E-state index contributed by atoms with van der Waals surface area (Å²) >= 11 is 0. The number of nitrogens with one attached hydrogen (secondary N) is 2. The van der Waals surface area contributed by atoms with Crippen molar-refractivity contribution in [1.29, 1.82) is 5.26 Å². The van der Waals surface area contributed by atoms with E-state index in [1.165, 1.54) is 0 Å². The van der Waals surface area contributed by atoms with Crippen molar-refractivity contribution in [3.05, 3.63) is 82.9 Å². The third-order valence-electron chi connectivity index (χ3n) is 4.13. The van der Waals surface area contributed by atoms with E-state index >= 15 is 0 Å². The molecule has 1 amide bonds. The number of H-pyrrole nitrogens is 1. The quantitative estimate of drug-likeness (QED) is 0.612. The summed E-state index contributed by atoms with van der Waals surface area (Å²) in [6, 6.07) is 16.6. The Balaban J connectivity index is 1.73. The number of hydrogen-bond donors (Lipinski definition) is 2. The fraction of sp³-hybridized carbons (Fsp3) is 0.200. The molecule has 0 saturated carbocycles. The molecule has 0 spiro atoms. The lowest BCUT2D eigenvalue weighted by molar-refractivity contribution is -0.119. The Morgan fingerprint density at radius 1 is 1.17 bits per heavy atom. The van der Waals surface area contributed by atoms with Crippen LogP contribution in [-0.2, 0) is 20.4 Å². The van der Waals surface area contributed by atoms with Crippen molar-refractivity contribution in [1.82, 2.24) is 20.5 Å². The smallest absolute Gasteiger partial charge is 0.236 e. The fourth-order valence-corrected chi connectivity index (χ4v) is 4.10. The molecule has 3 rings (SSSR count). The number of aromatic nitrogens is 3. The number of hydrogen-bond acceptors (Lipinski definition) is 6. The number of rotatable bonds is 7. The third-order valence-corrected chi connectivity index (χ3v) is 5.61. The third kappa shape index (κ3) is 5.49. The Bertz CT molecular complexity index is 1130. The van der Waals surface area contributed by atoms with Crippen LogP contribution in [0.3, 0.4) is 0 Å². The van der Waals surface area contributed by atoms with Gasteiger partial charge >= 0.3 is 0 Å². The predicted molar refractivity (Wildman–Crippen MR) is 106 cm³/mol. The van der Waals surface area contributed by atoms with E-state index in [2.05, 4.69) is 20.5 Å². The summed E-state index contributed by atoms with van der Waals surface area (Å²) in [4.78, 5) is 16.8. The molecule has 0 aliphatic heterocycles. The van der Waals surface area contributed by atoms with Gasteiger partial charge in [-0.1, -0.05) is 42.5 Å². The van der Waals surface area contributed by atoms with Crippen molar-refractivity contribution in [2.45, 2.75) is 18.7 Å². The first-order valence-electron chi connectivity index (χ1n) is 8.79. The second-order valence-electron chi connectivity index (χ2n) is 6.53. The molecule has 3 aromatic rings. The van der Waals surface area contributed by atoms with E-state index in [4.69, 9.17) is 5.26 Å². The Hall–Kier alpha value is -3.51. The van der Waals surface area contributed by atoms with Gasteiger partial charge in [0.2, 0.25) is 5.91 Å². The fourth-order valence-electron chi connectivity index (χ4n) is 2.81. The van der Waals surface area contributed by atoms with E-state index in [1.54, 1.807) is 31.2 Å². The summed E-state index contributed by atoms with van der Waals surface area (Å²) in [7, 11) is -3.70. The van der Waals surface area contributed by atoms with E-state index in [0.717, 1.165) is 5.56 Å². The van der Waals surface area contributed by atoms with E-state index in [-0.39, 0.29) is 5.75 Å². The number of benzene rings is 2. The molecule has 2 aromatic carbocycles. The Kier molecular flexibility index (Phi) is 6.04. The highest BCUT2D eigenvalue weighted by molar-refractivity contribution is 7.91. The van der Waals surface area contributed by atoms with Crippen molar-refractivity contribution < 1.29 is 13.2 Å². The van der Waals surface area contributed by atoms with Gasteiger partial charge < -0.3 is 5.32 Å². The summed E-state index contributed by atoms with van der Waals surface area (Å²) in [5.74, 6) is -0.660. The Labute approximate surface area is 168 Å². The van der Waals surface area contributed by atoms with E-state index in [1.807, 2.05) is 36.4 Å². The largest absolute Gasteiger partial charge is 0.341 e. The highest BCUT2D eigenvalue weighted by atomic mass is 32.2. The number of nitrogens with zero attached hydrogens (tertiary/aromatic N) is 3. The minimum atomic E-state index is -3.70. The molecule has 1 atom stereocenters. The van der Waals surface area contributed by atoms with Crippen LogP contribution >= 0.6 is 0 Å². The molecule has 0 fully saturated rings. The van der Waals surface area contributed by atoms with Gasteiger partial charge in [0.1, 0.15) is 17.6 Å². The second-order valence-corrected chi connectivity index (χ2v) is 8.60. The number of aromatic amines is 1. The number of nitriles is 1. The van der Waals surface area contributed by atoms with Crippen LogP contribution in [0.25, 0.3) is 0 Å². The standard InChI is InChI=1S/C20H19N5O3S/c1-14-22-20(25-24-14)19(17-5-3-2-4-6-17)23-18(26)13-29(27,28)12-16-9-7-15(11-21)8-10-16/h2-10,19H,12-13H2,1H3,(H,23,26)(H,22,24,25). The molecule has 8 nitrogen and oxygen atoms in total. The molecule has 0 aliphatic carbocycles. The Morgan fingerprint density at radius 3 is 2.45 bits per heavy atom. The maximum absolute atomic E-state index is 12.5. The summed E-state index contributed by atoms with van der Waals surface area (Å²) in [6.07, 6.45) is 0. The molecular formula is C20H19N5O3S. The average Bonchev–Trinajstić information content (AvgIpc) is 3.12. The van der Waals surface area contributed by atoms with E-state index < -0.39 is 27.5 Å². The molecule has 0 aliphatic rings. The van der Waals surface area contributed by atoms with Gasteiger partial charge in [0.15, 0.2) is 15.7 Å². The lowest BCUT2D eigenvalue weighted by atomic mass is 10.1. The van der Waals surface area contributed by atoms with Crippen LogP contribution in [0.15, 0.2) is 54.6 Å². The van der Waals surface area contributed by atoms with Crippen LogP contribution in [0.1, 0.15) is 34.4 Å². The summed E-state index contributed by atoms with van der Waals surface area (Å²) < 4.78 is 24.9. The first-order chi connectivity index (χ1) is 13.9. The number of carbonyl (C=O) groups excluding carboxylic acids is 1. The maximum Gasteiger partial charge on any atom is 0.236 e. The molecule has 29 heavy (non-hydrogen) atoms. The number of aryl methyl sites for hydroxylation is 1. The van der Waals surface area contributed by atoms with Gasteiger partial charge in [-0.05, 0) is 30.2 Å². The first-order valence-corrected chi connectivity index (χ1v) is 10.6. The first kappa shape index (κ1) is 20.2. The van der Waals surface area contributed by atoms with Gasteiger partial charge in [0, 0.05) is 0 Å². The number of amides is 1. The lowest BCUT2D eigenvalue weighted by Gasteiger charge is -2.16. The van der Waals surface area contributed by atoms with Crippen molar-refractivity contribution >= 4 is 15.7 Å². The van der Waals surface area contributed by atoms with Crippen molar-refractivity contribution in [3.63, 3.8) is 0 Å². The average molecular weight is 409 g/mol. The molecule has 1 heterocycles. The topological polar surface area (TPSA) is 129 Å². The monoisotopic (exact) mass is 409 g/mol. The van der Waals surface area contributed by atoms with Gasteiger partial charge in [-0.25, -0.2) is 13.4 Å². The number of carbonyl (C=O) groups is 1. The zero-order valence-electron chi connectivity index (χ0n) is 15.7. The van der Waals surface area contributed by atoms with Crippen LogP contribution in [0, 0.1) is 18.3 Å². The van der Waals surface area contributed by atoms with Crippen LogP contribution in [0.2, 0.25) is 0 Å². The normalized spacial score (nSPS) is 12.1. The lowest BCUT2D eigenvalue weighted by Crippen LogP contribution is -2.35. The van der Waals surface area contributed by atoms with Gasteiger partial charge in [-0.15, -0.1) is 0 Å². The summed E-state index contributed by atoms with van der Waals surface area (Å²) in [5, 5.41) is 18.4. The SMILES string of the molecule is Cc1nc(C(NC(=O)CS(=O)(=O)Cc2ccc(C#N)cc2)c2ccccc2)n[nH]1. The highest BCUT2D eigenvalue weighted by Crippen LogP contribution is 2.19. The van der Waals surface area contributed by atoms with Gasteiger partial charge in [0.05, 0.1) is 17.4 Å².